The fourth-order valence-corrected chi connectivity index (χ4v) is 1.31. The minimum atomic E-state index is -1.57. The molecule has 0 aliphatic carbocycles. The molecule has 0 N–H and O–H groups in total. The molecule has 0 radical (unpaired) electrons. The number of rotatable bonds is 1. The van der Waals surface area contributed by atoms with Crippen LogP contribution in [0.1, 0.15) is 0 Å². The molecule has 1 aromatic heterocycles. The van der Waals surface area contributed by atoms with Crippen molar-refractivity contribution < 1.29 is 17.6 Å². The molecule has 1 aromatic carbocycles. The second-order valence-corrected chi connectivity index (χ2v) is 3.12. The highest BCUT2D eigenvalue weighted by Gasteiger charge is 2.22. The van der Waals surface area contributed by atoms with Crippen LogP contribution in [-0.2, 0) is 0 Å². The summed E-state index contributed by atoms with van der Waals surface area (Å²) in [6.45, 7) is 0. The number of hydrogen-bond donors (Lipinski definition) is 0. The van der Waals surface area contributed by atoms with Crippen molar-refractivity contribution in [3.05, 3.63) is 40.9 Å². The van der Waals surface area contributed by atoms with Crippen LogP contribution in [0.15, 0.2) is 12.4 Å². The summed E-state index contributed by atoms with van der Waals surface area (Å²) in [5.41, 5.74) is -0.993. The Morgan fingerprint density at radius 3 is 2.06 bits per heavy atom. The third kappa shape index (κ3) is 1.53. The molecule has 1 heterocycles. The van der Waals surface area contributed by atoms with Gasteiger partial charge in [-0.1, -0.05) is 0 Å². The van der Waals surface area contributed by atoms with Crippen molar-refractivity contribution in [3.8, 4) is 5.69 Å². The van der Waals surface area contributed by atoms with Crippen molar-refractivity contribution in [1.29, 1.82) is 0 Å². The Morgan fingerprint density at radius 1 is 1.06 bits per heavy atom. The van der Waals surface area contributed by atoms with Crippen LogP contribution in [-0.4, -0.2) is 14.8 Å². The molecule has 0 unspecified atom stereocenters. The van der Waals surface area contributed by atoms with Gasteiger partial charge in [-0.2, -0.15) is 0 Å². The van der Waals surface area contributed by atoms with Crippen molar-refractivity contribution in [1.82, 2.24) is 14.8 Å². The Labute approximate surface area is 91.3 Å². The molecule has 0 fully saturated rings. The van der Waals surface area contributed by atoms with Crippen LogP contribution >= 0.6 is 11.6 Å². The largest absolute Gasteiger partial charge is 0.266 e. The summed E-state index contributed by atoms with van der Waals surface area (Å²) in [6.07, 6.45) is 0.836. The van der Waals surface area contributed by atoms with Gasteiger partial charge in [0.2, 0.25) is 5.28 Å². The lowest BCUT2D eigenvalue weighted by atomic mass is 10.2. The zero-order valence-electron chi connectivity index (χ0n) is 7.39. The highest BCUT2D eigenvalue weighted by Crippen LogP contribution is 2.24. The van der Waals surface area contributed by atoms with Gasteiger partial charge in [-0.15, -0.1) is 10.2 Å². The number of halogens is 5. The van der Waals surface area contributed by atoms with Crippen molar-refractivity contribution in [2.24, 2.45) is 0 Å². The zero-order chi connectivity index (χ0) is 11.9. The first-order chi connectivity index (χ1) is 7.52. The van der Waals surface area contributed by atoms with E-state index in [4.69, 9.17) is 11.6 Å². The van der Waals surface area contributed by atoms with Crippen molar-refractivity contribution in [2.75, 3.05) is 0 Å². The molecule has 0 amide bonds. The monoisotopic (exact) mass is 251 g/mol. The predicted molar refractivity (Wildman–Crippen MR) is 46.2 cm³/mol. The van der Waals surface area contributed by atoms with Gasteiger partial charge in [0.15, 0.2) is 23.3 Å². The molecule has 0 bridgehead atoms. The summed E-state index contributed by atoms with van der Waals surface area (Å²) in [5, 5.41) is 6.06. The van der Waals surface area contributed by atoms with Crippen molar-refractivity contribution >= 4 is 11.6 Å². The fraction of sp³-hybridized carbons (Fsp3) is 0. The summed E-state index contributed by atoms with van der Waals surface area (Å²) in [5.74, 6) is -6.20. The normalized spacial score (nSPS) is 10.8. The highest BCUT2D eigenvalue weighted by atomic mass is 35.5. The minimum Gasteiger partial charge on any atom is -0.266 e. The maximum atomic E-state index is 13.3. The maximum absolute atomic E-state index is 13.3. The van der Waals surface area contributed by atoms with E-state index >= 15 is 0 Å². The average molecular weight is 252 g/mol. The lowest BCUT2D eigenvalue weighted by Gasteiger charge is -2.07. The van der Waals surface area contributed by atoms with Gasteiger partial charge >= 0.3 is 0 Å². The van der Waals surface area contributed by atoms with E-state index in [2.05, 4.69) is 10.2 Å². The van der Waals surface area contributed by atoms with Crippen LogP contribution in [0.4, 0.5) is 17.6 Å². The van der Waals surface area contributed by atoms with Crippen molar-refractivity contribution in [3.63, 3.8) is 0 Å². The predicted octanol–water partition coefficient (Wildman–Crippen LogP) is 2.48. The van der Waals surface area contributed by atoms with E-state index in [0.29, 0.717) is 4.57 Å². The molecule has 2 aromatic rings. The lowest BCUT2D eigenvalue weighted by molar-refractivity contribution is 0.448. The smallest absolute Gasteiger partial charge is 0.229 e. The summed E-state index contributed by atoms with van der Waals surface area (Å²) >= 11 is 5.43. The van der Waals surface area contributed by atoms with Crippen LogP contribution in [0, 0.1) is 23.3 Å². The number of aromatic nitrogens is 3. The molecule has 8 heteroatoms. The molecule has 0 spiro atoms. The average Bonchev–Trinajstić information content (AvgIpc) is 2.63. The molecule has 0 saturated carbocycles. The van der Waals surface area contributed by atoms with E-state index in [1.165, 1.54) is 0 Å². The molecule has 0 aliphatic heterocycles. The Kier molecular flexibility index (Phi) is 2.55. The van der Waals surface area contributed by atoms with Crippen LogP contribution in [0.25, 0.3) is 5.69 Å². The number of nitrogens with zero attached hydrogens (tertiary/aromatic N) is 3. The summed E-state index contributed by atoms with van der Waals surface area (Å²) < 4.78 is 52.9. The van der Waals surface area contributed by atoms with Crippen LogP contribution in [0.2, 0.25) is 5.28 Å². The summed E-state index contributed by atoms with van der Waals surface area (Å²) in [6, 6.07) is 0.104. The Morgan fingerprint density at radius 2 is 1.62 bits per heavy atom. The van der Waals surface area contributed by atoms with E-state index < -0.39 is 34.2 Å². The molecular weight excluding hydrogens is 250 g/mol. The van der Waals surface area contributed by atoms with Gasteiger partial charge in [-0.25, -0.2) is 17.6 Å². The number of benzene rings is 1. The van der Waals surface area contributed by atoms with E-state index in [9.17, 15) is 17.6 Å². The van der Waals surface area contributed by atoms with Gasteiger partial charge < -0.3 is 0 Å². The van der Waals surface area contributed by atoms with E-state index in [-0.39, 0.29) is 6.07 Å². The second kappa shape index (κ2) is 3.75. The number of hydrogen-bond acceptors (Lipinski definition) is 2. The topological polar surface area (TPSA) is 30.7 Å². The summed E-state index contributed by atoms with van der Waals surface area (Å²) in [4.78, 5) is 0. The Hall–Kier alpha value is -1.63. The fourth-order valence-electron chi connectivity index (χ4n) is 1.14. The Bertz CT molecular complexity index is 528. The first kappa shape index (κ1) is 10.9. The van der Waals surface area contributed by atoms with Crippen molar-refractivity contribution in [2.45, 2.75) is 0 Å². The lowest BCUT2D eigenvalue weighted by Crippen LogP contribution is -2.05. The molecule has 0 aliphatic rings. The van der Waals surface area contributed by atoms with Gasteiger partial charge in [0.05, 0.1) is 0 Å². The SMILES string of the molecule is Fc1cc(F)c(F)c(-n2cnnc2Cl)c1F. The molecule has 2 rings (SSSR count). The van der Waals surface area contributed by atoms with Gasteiger partial charge in [-0.05, 0) is 11.6 Å². The van der Waals surface area contributed by atoms with Crippen LogP contribution in [0.3, 0.4) is 0 Å². The quantitative estimate of drug-likeness (QED) is 0.576. The standard InChI is InChI=1S/C8H2ClF4N3/c9-8-15-14-2-16(8)7-5(12)3(10)1-4(11)6(7)13/h1-2H. The zero-order valence-corrected chi connectivity index (χ0v) is 8.14. The third-order valence-corrected chi connectivity index (χ3v) is 2.09. The molecule has 16 heavy (non-hydrogen) atoms. The van der Waals surface area contributed by atoms with Gasteiger partial charge in [0.1, 0.15) is 12.0 Å². The Balaban J connectivity index is 2.79. The van der Waals surface area contributed by atoms with Crippen LogP contribution < -0.4 is 0 Å². The first-order valence-corrected chi connectivity index (χ1v) is 4.29. The van der Waals surface area contributed by atoms with E-state index in [1.807, 2.05) is 0 Å². The van der Waals surface area contributed by atoms with Crippen LogP contribution in [0.5, 0.6) is 0 Å². The first-order valence-electron chi connectivity index (χ1n) is 3.91. The molecule has 0 atom stereocenters. The van der Waals surface area contributed by atoms with E-state index in [0.717, 1.165) is 6.33 Å². The third-order valence-electron chi connectivity index (χ3n) is 1.84. The molecule has 3 nitrogen and oxygen atoms in total. The van der Waals surface area contributed by atoms with Gasteiger partial charge in [-0.3, -0.25) is 4.57 Å². The second-order valence-electron chi connectivity index (χ2n) is 2.79. The summed E-state index contributed by atoms with van der Waals surface area (Å²) in [7, 11) is 0. The van der Waals surface area contributed by atoms with E-state index in [1.54, 1.807) is 0 Å². The molecule has 84 valence electrons. The molecule has 0 saturated heterocycles. The maximum Gasteiger partial charge on any atom is 0.229 e. The van der Waals surface area contributed by atoms with Gasteiger partial charge in [0.25, 0.3) is 0 Å². The van der Waals surface area contributed by atoms with Gasteiger partial charge in [0, 0.05) is 6.07 Å². The highest BCUT2D eigenvalue weighted by molar-refractivity contribution is 6.28. The molecular formula is C8H2ClF4N3. The minimum absolute atomic E-state index is 0.104.